The van der Waals surface area contributed by atoms with E-state index in [2.05, 4.69) is 5.32 Å². The van der Waals surface area contributed by atoms with Crippen molar-refractivity contribution in [3.8, 4) is 34.1 Å². The van der Waals surface area contributed by atoms with Gasteiger partial charge in [-0.15, -0.1) is 0 Å². The molecule has 0 heterocycles. The van der Waals surface area contributed by atoms with Crippen molar-refractivity contribution >= 4 is 11.7 Å². The van der Waals surface area contributed by atoms with Crippen LogP contribution in [0.2, 0.25) is 0 Å². The third kappa shape index (κ3) is 3.12. The first kappa shape index (κ1) is 17.2. The SMILES string of the molecule is O=C(O)c1cccc(-c2c(O)c(O)c(O)c(NCC(O)O)c2O)c1. The zero-order valence-electron chi connectivity index (χ0n) is 12.1. The second kappa shape index (κ2) is 6.52. The lowest BCUT2D eigenvalue weighted by molar-refractivity contribution is -0.0276. The maximum Gasteiger partial charge on any atom is 0.335 e. The fourth-order valence-electron chi connectivity index (χ4n) is 2.14. The Bertz CT molecular complexity index is 788. The van der Waals surface area contributed by atoms with Gasteiger partial charge in [0.05, 0.1) is 17.7 Å². The average molecular weight is 337 g/mol. The van der Waals surface area contributed by atoms with E-state index in [1.54, 1.807) is 0 Å². The van der Waals surface area contributed by atoms with Crippen molar-refractivity contribution in [3.63, 3.8) is 0 Å². The first-order chi connectivity index (χ1) is 11.2. The third-order valence-corrected chi connectivity index (χ3v) is 3.26. The third-order valence-electron chi connectivity index (χ3n) is 3.26. The van der Waals surface area contributed by atoms with Crippen molar-refractivity contribution < 1.29 is 40.5 Å². The van der Waals surface area contributed by atoms with Crippen LogP contribution in [-0.4, -0.2) is 54.5 Å². The summed E-state index contributed by atoms with van der Waals surface area (Å²) in [4.78, 5) is 11.0. The molecule has 0 bridgehead atoms. The van der Waals surface area contributed by atoms with Crippen molar-refractivity contribution in [2.24, 2.45) is 0 Å². The Kier molecular flexibility index (Phi) is 4.67. The highest BCUT2D eigenvalue weighted by Gasteiger charge is 2.25. The molecule has 2 rings (SSSR count). The van der Waals surface area contributed by atoms with Crippen molar-refractivity contribution in [2.45, 2.75) is 6.29 Å². The highest BCUT2D eigenvalue weighted by Crippen LogP contribution is 2.54. The summed E-state index contributed by atoms with van der Waals surface area (Å²) in [6, 6.07) is 5.19. The zero-order chi connectivity index (χ0) is 18.0. The maximum absolute atomic E-state index is 11.0. The molecule has 24 heavy (non-hydrogen) atoms. The van der Waals surface area contributed by atoms with E-state index in [9.17, 15) is 25.2 Å². The van der Waals surface area contributed by atoms with Gasteiger partial charge in [-0.2, -0.15) is 0 Å². The highest BCUT2D eigenvalue weighted by atomic mass is 16.5. The summed E-state index contributed by atoms with van der Waals surface area (Å²) in [5, 5.41) is 68.9. The van der Waals surface area contributed by atoms with Crippen LogP contribution in [0.3, 0.4) is 0 Å². The van der Waals surface area contributed by atoms with Gasteiger partial charge in [0.25, 0.3) is 0 Å². The number of phenols is 4. The number of carbonyl (C=O) groups is 1. The molecule has 128 valence electrons. The molecule has 0 saturated heterocycles. The number of aliphatic hydroxyl groups excluding tert-OH is 1. The standard InChI is InChI=1S/C15H15NO8/c17-8(18)5-16-10-11(19)9(12(20)14(22)13(10)21)6-2-1-3-7(4-6)15(23)24/h1-4,8,16-22H,5H2,(H,23,24). The minimum absolute atomic E-state index is 0.0628. The van der Waals surface area contributed by atoms with E-state index in [0.717, 1.165) is 6.07 Å². The van der Waals surface area contributed by atoms with Gasteiger partial charge >= 0.3 is 5.97 Å². The van der Waals surface area contributed by atoms with Gasteiger partial charge in [-0.25, -0.2) is 4.79 Å². The molecule has 0 saturated carbocycles. The Morgan fingerprint density at radius 1 is 1.00 bits per heavy atom. The topological polar surface area (TPSA) is 171 Å². The number of aromatic carboxylic acids is 1. The number of aliphatic hydroxyl groups is 2. The number of hydrogen-bond donors (Lipinski definition) is 8. The van der Waals surface area contributed by atoms with Crippen LogP contribution in [0.25, 0.3) is 11.1 Å². The van der Waals surface area contributed by atoms with Crippen LogP contribution in [0.5, 0.6) is 23.0 Å². The van der Waals surface area contributed by atoms with E-state index >= 15 is 0 Å². The number of benzene rings is 2. The number of nitrogens with one attached hydrogen (secondary N) is 1. The molecule has 0 spiro atoms. The number of rotatable bonds is 5. The summed E-state index contributed by atoms with van der Waals surface area (Å²) in [5.41, 5.74) is -0.843. The fourth-order valence-corrected chi connectivity index (χ4v) is 2.14. The first-order valence-corrected chi connectivity index (χ1v) is 6.67. The van der Waals surface area contributed by atoms with Crippen molar-refractivity contribution in [2.75, 3.05) is 11.9 Å². The molecule has 2 aromatic rings. The predicted molar refractivity (Wildman–Crippen MR) is 82.2 cm³/mol. The van der Waals surface area contributed by atoms with Gasteiger partial charge in [-0.3, -0.25) is 0 Å². The highest BCUT2D eigenvalue weighted by molar-refractivity contribution is 5.93. The molecule has 0 aliphatic carbocycles. The predicted octanol–water partition coefficient (Wildman–Crippen LogP) is 0.597. The van der Waals surface area contributed by atoms with E-state index in [1.807, 2.05) is 0 Å². The van der Waals surface area contributed by atoms with E-state index in [0.29, 0.717) is 0 Å². The molecule has 0 aliphatic heterocycles. The van der Waals surface area contributed by atoms with Crippen molar-refractivity contribution in [1.29, 1.82) is 0 Å². The second-order valence-electron chi connectivity index (χ2n) is 4.89. The van der Waals surface area contributed by atoms with Crippen LogP contribution in [0.15, 0.2) is 24.3 Å². The van der Waals surface area contributed by atoms with Crippen molar-refractivity contribution in [3.05, 3.63) is 29.8 Å². The molecule has 0 unspecified atom stereocenters. The van der Waals surface area contributed by atoms with Crippen molar-refractivity contribution in [1.82, 2.24) is 0 Å². The normalized spacial score (nSPS) is 10.8. The number of phenolic OH excluding ortho intramolecular Hbond substituents is 4. The molecule has 0 radical (unpaired) electrons. The molecule has 9 nitrogen and oxygen atoms in total. The van der Waals surface area contributed by atoms with Gasteiger partial charge in [0.15, 0.2) is 23.5 Å². The number of aromatic hydroxyl groups is 4. The van der Waals surface area contributed by atoms with E-state index in [-0.39, 0.29) is 16.7 Å². The lowest BCUT2D eigenvalue weighted by atomic mass is 9.99. The number of anilines is 1. The maximum atomic E-state index is 11.0. The monoisotopic (exact) mass is 337 g/mol. The minimum atomic E-state index is -1.81. The minimum Gasteiger partial charge on any atom is -0.505 e. The summed E-state index contributed by atoms with van der Waals surface area (Å²) in [5.74, 6) is -4.66. The van der Waals surface area contributed by atoms with Gasteiger partial charge in [0, 0.05) is 0 Å². The Hall–Kier alpha value is -3.17. The summed E-state index contributed by atoms with van der Waals surface area (Å²) in [7, 11) is 0. The summed E-state index contributed by atoms with van der Waals surface area (Å²) < 4.78 is 0. The Balaban J connectivity index is 2.65. The van der Waals surface area contributed by atoms with E-state index < -0.39 is 47.5 Å². The summed E-state index contributed by atoms with van der Waals surface area (Å²) in [6.07, 6.45) is -1.81. The Morgan fingerprint density at radius 2 is 1.67 bits per heavy atom. The van der Waals surface area contributed by atoms with Crippen LogP contribution in [0.1, 0.15) is 10.4 Å². The molecule has 8 N–H and O–H groups in total. The molecule has 0 atom stereocenters. The molecule has 0 fully saturated rings. The van der Waals surface area contributed by atoms with E-state index in [1.165, 1.54) is 18.2 Å². The van der Waals surface area contributed by atoms with Gasteiger partial charge in [-0.05, 0) is 17.7 Å². The molecule has 0 amide bonds. The Labute approximate surface area is 135 Å². The van der Waals surface area contributed by atoms with E-state index in [4.69, 9.17) is 15.3 Å². The quantitative estimate of drug-likeness (QED) is 0.221. The number of hydrogen-bond acceptors (Lipinski definition) is 8. The lowest BCUT2D eigenvalue weighted by Crippen LogP contribution is -2.18. The molecule has 0 aliphatic rings. The molecule has 0 aromatic heterocycles. The number of carboxylic acids is 1. The van der Waals surface area contributed by atoms with Crippen LogP contribution in [0.4, 0.5) is 5.69 Å². The molecule has 9 heteroatoms. The van der Waals surface area contributed by atoms with Crippen LogP contribution in [0, 0.1) is 0 Å². The lowest BCUT2D eigenvalue weighted by Gasteiger charge is -2.17. The van der Waals surface area contributed by atoms with Gasteiger partial charge < -0.3 is 41.1 Å². The molecule has 2 aromatic carbocycles. The smallest absolute Gasteiger partial charge is 0.335 e. The van der Waals surface area contributed by atoms with Gasteiger partial charge in [0.2, 0.25) is 5.75 Å². The molecular formula is C15H15NO8. The Morgan fingerprint density at radius 3 is 2.25 bits per heavy atom. The second-order valence-corrected chi connectivity index (χ2v) is 4.89. The van der Waals surface area contributed by atoms with Crippen LogP contribution in [-0.2, 0) is 0 Å². The average Bonchev–Trinajstić information content (AvgIpc) is 2.53. The van der Waals surface area contributed by atoms with Gasteiger partial charge in [-0.1, -0.05) is 12.1 Å². The summed E-state index contributed by atoms with van der Waals surface area (Å²) >= 11 is 0. The molecular weight excluding hydrogens is 322 g/mol. The zero-order valence-corrected chi connectivity index (χ0v) is 12.1. The van der Waals surface area contributed by atoms with Crippen LogP contribution < -0.4 is 5.32 Å². The van der Waals surface area contributed by atoms with Crippen LogP contribution >= 0.6 is 0 Å². The number of carboxylic acid groups (broad SMARTS) is 1. The largest absolute Gasteiger partial charge is 0.505 e. The first-order valence-electron chi connectivity index (χ1n) is 6.67. The van der Waals surface area contributed by atoms with Gasteiger partial charge in [0.1, 0.15) is 5.69 Å². The summed E-state index contributed by atoms with van der Waals surface area (Å²) in [6.45, 7) is -0.486. The fraction of sp³-hybridized carbons (Fsp3) is 0.133.